The standard InChI is InChI=1S/C30H30O3/c1-2-20-30(21-24-14-8-4-9-15-24)22-27(31)28(29(32)33-30)26(25-16-10-5-11-17-25)19-18-23-12-6-3-7-13-23/h3-19,26,31H,2,20-22H2,1H3/b19-18+. The zero-order valence-corrected chi connectivity index (χ0v) is 19.0. The number of carbonyl (C=O) groups is 1. The minimum Gasteiger partial charge on any atom is -0.512 e. The molecule has 1 heterocycles. The molecule has 3 aromatic carbocycles. The van der Waals surface area contributed by atoms with E-state index in [0.29, 0.717) is 24.8 Å². The summed E-state index contributed by atoms with van der Waals surface area (Å²) in [4.78, 5) is 13.4. The molecule has 1 N–H and O–H groups in total. The van der Waals surface area contributed by atoms with Crippen molar-refractivity contribution >= 4 is 12.0 Å². The van der Waals surface area contributed by atoms with Gasteiger partial charge in [-0.3, -0.25) is 0 Å². The summed E-state index contributed by atoms with van der Waals surface area (Å²) < 4.78 is 6.17. The number of hydrogen-bond acceptors (Lipinski definition) is 3. The second-order valence-electron chi connectivity index (χ2n) is 8.68. The van der Waals surface area contributed by atoms with Crippen LogP contribution in [0.4, 0.5) is 0 Å². The summed E-state index contributed by atoms with van der Waals surface area (Å²) in [5, 5.41) is 11.3. The summed E-state index contributed by atoms with van der Waals surface area (Å²) in [7, 11) is 0. The summed E-state index contributed by atoms with van der Waals surface area (Å²) in [5.74, 6) is -0.702. The van der Waals surface area contributed by atoms with Gasteiger partial charge in [0, 0.05) is 18.8 Å². The fraction of sp³-hybridized carbons (Fsp3) is 0.233. The van der Waals surface area contributed by atoms with Crippen LogP contribution in [-0.2, 0) is 16.0 Å². The Labute approximate surface area is 196 Å². The van der Waals surface area contributed by atoms with Gasteiger partial charge in [-0.1, -0.05) is 116 Å². The van der Waals surface area contributed by atoms with E-state index in [1.807, 2.05) is 103 Å². The molecule has 2 atom stereocenters. The van der Waals surface area contributed by atoms with Gasteiger partial charge in [-0.25, -0.2) is 4.79 Å². The number of hydrogen-bond donors (Lipinski definition) is 1. The molecule has 3 nitrogen and oxygen atoms in total. The van der Waals surface area contributed by atoms with Crippen LogP contribution in [0.3, 0.4) is 0 Å². The molecule has 0 saturated heterocycles. The van der Waals surface area contributed by atoms with E-state index < -0.39 is 17.5 Å². The molecule has 33 heavy (non-hydrogen) atoms. The van der Waals surface area contributed by atoms with Crippen molar-refractivity contribution in [3.63, 3.8) is 0 Å². The zero-order chi connectivity index (χ0) is 23.1. The number of rotatable bonds is 8. The van der Waals surface area contributed by atoms with Crippen molar-refractivity contribution in [2.24, 2.45) is 0 Å². The Morgan fingerprint density at radius 2 is 1.55 bits per heavy atom. The Morgan fingerprint density at radius 1 is 0.939 bits per heavy atom. The highest BCUT2D eigenvalue weighted by Crippen LogP contribution is 2.41. The van der Waals surface area contributed by atoms with Crippen LogP contribution in [0.15, 0.2) is 108 Å². The van der Waals surface area contributed by atoms with Crippen molar-refractivity contribution in [1.82, 2.24) is 0 Å². The maximum Gasteiger partial charge on any atom is 0.338 e. The Morgan fingerprint density at radius 3 is 2.15 bits per heavy atom. The fourth-order valence-corrected chi connectivity index (χ4v) is 4.67. The molecule has 0 aliphatic carbocycles. The number of aliphatic hydroxyl groups is 1. The highest BCUT2D eigenvalue weighted by Gasteiger charge is 2.43. The van der Waals surface area contributed by atoms with Crippen LogP contribution < -0.4 is 0 Å². The fourth-order valence-electron chi connectivity index (χ4n) is 4.67. The van der Waals surface area contributed by atoms with Crippen LogP contribution in [0.5, 0.6) is 0 Å². The number of benzene rings is 3. The maximum atomic E-state index is 13.4. The summed E-state index contributed by atoms with van der Waals surface area (Å²) >= 11 is 0. The molecular formula is C30H30O3. The summed E-state index contributed by atoms with van der Waals surface area (Å²) in [5.41, 5.74) is 2.67. The molecule has 4 rings (SSSR count). The van der Waals surface area contributed by atoms with Gasteiger partial charge in [0.25, 0.3) is 0 Å². The minimum absolute atomic E-state index is 0.127. The van der Waals surface area contributed by atoms with E-state index in [2.05, 4.69) is 6.92 Å². The van der Waals surface area contributed by atoms with Crippen molar-refractivity contribution in [3.05, 3.63) is 125 Å². The van der Waals surface area contributed by atoms with Crippen LogP contribution in [-0.4, -0.2) is 16.7 Å². The largest absolute Gasteiger partial charge is 0.512 e. The van der Waals surface area contributed by atoms with Crippen LogP contribution >= 0.6 is 0 Å². The first-order chi connectivity index (χ1) is 16.1. The first kappa shape index (κ1) is 22.6. The predicted octanol–water partition coefficient (Wildman–Crippen LogP) is 7.02. The van der Waals surface area contributed by atoms with Crippen LogP contribution in [0.2, 0.25) is 0 Å². The average Bonchev–Trinajstić information content (AvgIpc) is 2.83. The van der Waals surface area contributed by atoms with Crippen molar-refractivity contribution in [2.75, 3.05) is 0 Å². The van der Waals surface area contributed by atoms with E-state index in [4.69, 9.17) is 4.74 Å². The van der Waals surface area contributed by atoms with Gasteiger partial charge in [0.15, 0.2) is 0 Å². The lowest BCUT2D eigenvalue weighted by molar-refractivity contribution is -0.160. The molecule has 0 saturated carbocycles. The highest BCUT2D eigenvalue weighted by atomic mass is 16.6. The maximum absolute atomic E-state index is 13.4. The van der Waals surface area contributed by atoms with E-state index in [1.54, 1.807) is 0 Å². The number of ether oxygens (including phenoxy) is 1. The normalized spacial score (nSPS) is 19.5. The smallest absolute Gasteiger partial charge is 0.338 e. The van der Waals surface area contributed by atoms with E-state index in [9.17, 15) is 9.90 Å². The van der Waals surface area contributed by atoms with Crippen molar-refractivity contribution in [3.8, 4) is 0 Å². The third-order valence-corrected chi connectivity index (χ3v) is 6.15. The minimum atomic E-state index is -0.731. The summed E-state index contributed by atoms with van der Waals surface area (Å²) in [6.45, 7) is 2.08. The zero-order valence-electron chi connectivity index (χ0n) is 19.0. The van der Waals surface area contributed by atoms with Gasteiger partial charge in [-0.15, -0.1) is 0 Å². The Kier molecular flexibility index (Phi) is 7.09. The number of cyclic esters (lactones) is 1. The topological polar surface area (TPSA) is 46.5 Å². The molecule has 0 radical (unpaired) electrons. The molecule has 2 unspecified atom stereocenters. The van der Waals surface area contributed by atoms with Crippen LogP contribution in [0.1, 0.15) is 48.8 Å². The molecule has 1 aliphatic rings. The molecule has 0 spiro atoms. The molecular weight excluding hydrogens is 408 g/mol. The van der Waals surface area contributed by atoms with Crippen molar-refractivity contribution < 1.29 is 14.6 Å². The quantitative estimate of drug-likeness (QED) is 0.384. The van der Waals surface area contributed by atoms with E-state index in [-0.39, 0.29) is 5.76 Å². The molecule has 0 bridgehead atoms. The van der Waals surface area contributed by atoms with Gasteiger partial charge < -0.3 is 9.84 Å². The second kappa shape index (κ2) is 10.4. The van der Waals surface area contributed by atoms with Gasteiger partial charge >= 0.3 is 5.97 Å². The third kappa shape index (κ3) is 5.43. The van der Waals surface area contributed by atoms with Crippen molar-refractivity contribution in [2.45, 2.75) is 44.1 Å². The summed E-state index contributed by atoms with van der Waals surface area (Å²) in [6.07, 6.45) is 6.42. The second-order valence-corrected chi connectivity index (χ2v) is 8.68. The molecule has 3 heteroatoms. The molecule has 0 fully saturated rings. The third-order valence-electron chi connectivity index (χ3n) is 6.15. The number of carbonyl (C=O) groups excluding carboxylic acids is 1. The SMILES string of the molecule is CCCC1(Cc2ccccc2)CC(O)=C(C(/C=C/c2ccccc2)c2ccccc2)C(=O)O1. The Hall–Kier alpha value is -3.59. The highest BCUT2D eigenvalue weighted by molar-refractivity contribution is 5.93. The van der Waals surface area contributed by atoms with Crippen LogP contribution in [0.25, 0.3) is 6.08 Å². The number of allylic oxidation sites excluding steroid dienone is 1. The van der Waals surface area contributed by atoms with Gasteiger partial charge in [0.2, 0.25) is 0 Å². The van der Waals surface area contributed by atoms with Gasteiger partial charge in [-0.2, -0.15) is 0 Å². The number of aliphatic hydroxyl groups excluding tert-OH is 1. The lowest BCUT2D eigenvalue weighted by Gasteiger charge is -2.38. The monoisotopic (exact) mass is 438 g/mol. The lowest BCUT2D eigenvalue weighted by atomic mass is 9.80. The van der Waals surface area contributed by atoms with E-state index >= 15 is 0 Å². The number of esters is 1. The lowest BCUT2D eigenvalue weighted by Crippen LogP contribution is -2.43. The molecule has 0 amide bonds. The summed E-state index contributed by atoms with van der Waals surface area (Å²) in [6, 6.07) is 29.8. The predicted molar refractivity (Wildman–Crippen MR) is 133 cm³/mol. The molecule has 0 aromatic heterocycles. The van der Waals surface area contributed by atoms with Crippen molar-refractivity contribution in [1.29, 1.82) is 0 Å². The average molecular weight is 439 g/mol. The van der Waals surface area contributed by atoms with E-state index in [0.717, 1.165) is 23.1 Å². The first-order valence-corrected chi connectivity index (χ1v) is 11.6. The molecule has 3 aromatic rings. The van der Waals surface area contributed by atoms with Gasteiger partial charge in [-0.05, 0) is 23.1 Å². The van der Waals surface area contributed by atoms with Gasteiger partial charge in [0.1, 0.15) is 11.4 Å². The molecule has 168 valence electrons. The van der Waals surface area contributed by atoms with Crippen LogP contribution in [0, 0.1) is 0 Å². The first-order valence-electron chi connectivity index (χ1n) is 11.6. The Balaban J connectivity index is 1.71. The Bertz CT molecular complexity index is 1120. The van der Waals surface area contributed by atoms with Gasteiger partial charge in [0.05, 0.1) is 5.57 Å². The van der Waals surface area contributed by atoms with E-state index in [1.165, 1.54) is 0 Å². The molecule has 1 aliphatic heterocycles.